The highest BCUT2D eigenvalue weighted by molar-refractivity contribution is 6.18. The summed E-state index contributed by atoms with van der Waals surface area (Å²) in [6, 6.07) is 6.03. The van der Waals surface area contributed by atoms with Gasteiger partial charge < -0.3 is 24.4 Å². The number of terminal acetylenes is 1. The number of likely N-dealkylation sites (tertiary alicyclic amines) is 2. The molecule has 3 aliphatic heterocycles. The lowest BCUT2D eigenvalue weighted by atomic mass is 9.91. The van der Waals surface area contributed by atoms with Gasteiger partial charge in [0.1, 0.15) is 28.4 Å². The van der Waals surface area contributed by atoms with Gasteiger partial charge in [0.2, 0.25) is 0 Å². The van der Waals surface area contributed by atoms with Crippen LogP contribution in [0.3, 0.4) is 0 Å². The van der Waals surface area contributed by atoms with E-state index >= 15 is 8.78 Å². The standard InChI is InChI=1S/C41H44F3N7O3/c1-4-29-32(43)9-6-25-14-28(52)15-30(33(25)29)34-36(44)38-35(31-21-48(2)47-37(31)34)39(51-26-7-8-27(51)20-49(19-26)12-5-13-53-3)46-40(45-38)54-23-41(10-11-41)22-50-17-24(16-42)18-50/h1,6,9,14-15,21,24,26-27,52H,5,7-8,10-13,16-20,22-23H2,2-3H3. The molecule has 5 heterocycles. The molecule has 2 unspecified atom stereocenters. The monoisotopic (exact) mass is 739 g/mol. The van der Waals surface area contributed by atoms with Crippen LogP contribution in [0.25, 0.3) is 43.7 Å². The lowest BCUT2D eigenvalue weighted by Gasteiger charge is -2.42. The number of methoxy groups -OCH3 is 1. The summed E-state index contributed by atoms with van der Waals surface area (Å²) in [4.78, 5) is 17.0. The number of anilines is 1. The van der Waals surface area contributed by atoms with Gasteiger partial charge in [-0.3, -0.25) is 14.0 Å². The first kappa shape index (κ1) is 35.1. The number of aryl methyl sites for hydroxylation is 1. The second kappa shape index (κ2) is 13.6. The molecule has 3 aromatic carbocycles. The zero-order valence-corrected chi connectivity index (χ0v) is 30.6. The molecule has 0 radical (unpaired) electrons. The van der Waals surface area contributed by atoms with E-state index in [1.807, 2.05) is 6.20 Å². The summed E-state index contributed by atoms with van der Waals surface area (Å²) < 4.78 is 59.5. The smallest absolute Gasteiger partial charge is 0.319 e. The highest BCUT2D eigenvalue weighted by Crippen LogP contribution is 2.49. The van der Waals surface area contributed by atoms with Gasteiger partial charge in [-0.15, -0.1) is 6.42 Å². The molecule has 2 bridgehead atoms. The molecule has 0 spiro atoms. The van der Waals surface area contributed by atoms with E-state index in [0.717, 1.165) is 71.4 Å². The second-order valence-corrected chi connectivity index (χ2v) is 15.9. The molecule has 3 saturated heterocycles. The molecule has 1 N–H and O–H groups in total. The average Bonchev–Trinajstić information content (AvgIpc) is 3.72. The number of aromatic hydroxyl groups is 1. The van der Waals surface area contributed by atoms with Crippen molar-refractivity contribution in [3.05, 3.63) is 47.7 Å². The van der Waals surface area contributed by atoms with Crippen LogP contribution >= 0.6 is 0 Å². The third-order valence-corrected chi connectivity index (χ3v) is 12.0. The normalized spacial score (nSPS) is 21.3. The number of nitrogens with zero attached hydrogens (tertiary/aromatic N) is 7. The predicted octanol–water partition coefficient (Wildman–Crippen LogP) is 6.05. The van der Waals surface area contributed by atoms with Crippen LogP contribution in [0.15, 0.2) is 30.5 Å². The summed E-state index contributed by atoms with van der Waals surface area (Å²) >= 11 is 0. The van der Waals surface area contributed by atoms with E-state index in [9.17, 15) is 9.50 Å². The van der Waals surface area contributed by atoms with E-state index < -0.39 is 11.6 Å². The van der Waals surface area contributed by atoms with Gasteiger partial charge in [0.05, 0.1) is 24.2 Å². The number of hydrogen-bond acceptors (Lipinski definition) is 9. The Bertz CT molecular complexity index is 2300. The van der Waals surface area contributed by atoms with Crippen molar-refractivity contribution in [1.82, 2.24) is 29.5 Å². The minimum absolute atomic E-state index is 0.0341. The molecular weight excluding hydrogens is 695 g/mol. The van der Waals surface area contributed by atoms with Gasteiger partial charge in [0.15, 0.2) is 5.82 Å². The van der Waals surface area contributed by atoms with Gasteiger partial charge in [-0.05, 0) is 61.3 Å². The Morgan fingerprint density at radius 1 is 1.02 bits per heavy atom. The van der Waals surface area contributed by atoms with E-state index in [2.05, 4.69) is 20.6 Å². The minimum atomic E-state index is -0.687. The number of aromatic nitrogens is 4. The van der Waals surface area contributed by atoms with Gasteiger partial charge in [-0.2, -0.15) is 15.1 Å². The lowest BCUT2D eigenvalue weighted by Crippen LogP contribution is -2.54. The van der Waals surface area contributed by atoms with Crippen LogP contribution in [0.1, 0.15) is 37.7 Å². The Kier molecular flexibility index (Phi) is 8.83. The van der Waals surface area contributed by atoms with E-state index in [1.165, 1.54) is 24.3 Å². The Balaban J connectivity index is 1.20. The number of phenols is 1. The average molecular weight is 740 g/mol. The highest BCUT2D eigenvalue weighted by Gasteiger charge is 2.47. The van der Waals surface area contributed by atoms with Gasteiger partial charge in [-0.25, -0.2) is 8.78 Å². The number of alkyl halides is 1. The number of phenolic OH excluding ortho intramolecular Hbond substituents is 1. The predicted molar refractivity (Wildman–Crippen MR) is 202 cm³/mol. The van der Waals surface area contributed by atoms with Crippen molar-refractivity contribution >= 4 is 38.4 Å². The van der Waals surface area contributed by atoms with E-state index in [4.69, 9.17) is 31.0 Å². The topological polar surface area (TPSA) is 92.0 Å². The van der Waals surface area contributed by atoms with Crippen LogP contribution in [0.4, 0.5) is 19.0 Å². The third kappa shape index (κ3) is 5.99. The van der Waals surface area contributed by atoms with Crippen molar-refractivity contribution in [1.29, 1.82) is 0 Å². The first-order valence-electron chi connectivity index (χ1n) is 18.9. The summed E-state index contributed by atoms with van der Waals surface area (Å²) in [5, 5.41) is 17.6. The SMILES string of the molecule is C#Cc1c(F)ccc2cc(O)cc(-c3c(F)c4nc(OCC5(CN6CC(CF)C6)CC5)nc(N5C6CCC5CN(CCCOC)C6)c4c4cn(C)nc34)c12. The van der Waals surface area contributed by atoms with Gasteiger partial charge in [0.25, 0.3) is 0 Å². The Morgan fingerprint density at radius 3 is 2.50 bits per heavy atom. The summed E-state index contributed by atoms with van der Waals surface area (Å²) in [6.45, 7) is 5.69. The zero-order valence-electron chi connectivity index (χ0n) is 30.6. The molecule has 1 aliphatic carbocycles. The molecule has 54 heavy (non-hydrogen) atoms. The molecule has 13 heteroatoms. The molecule has 5 aromatic rings. The molecule has 1 saturated carbocycles. The molecule has 10 nitrogen and oxygen atoms in total. The number of hydrogen-bond donors (Lipinski definition) is 1. The van der Waals surface area contributed by atoms with Crippen LogP contribution in [-0.4, -0.2) is 113 Å². The number of ether oxygens (including phenoxy) is 2. The Hall–Kier alpha value is -4.64. The van der Waals surface area contributed by atoms with Gasteiger partial charge in [-0.1, -0.05) is 12.0 Å². The molecule has 9 rings (SSSR count). The van der Waals surface area contributed by atoms with Crippen molar-refractivity contribution in [3.63, 3.8) is 0 Å². The fourth-order valence-electron chi connectivity index (χ4n) is 9.25. The van der Waals surface area contributed by atoms with E-state index in [-0.39, 0.29) is 64.1 Å². The fraction of sp³-hybridized carbons (Fsp3) is 0.488. The van der Waals surface area contributed by atoms with Crippen molar-refractivity contribution in [2.24, 2.45) is 18.4 Å². The van der Waals surface area contributed by atoms with E-state index in [0.29, 0.717) is 46.1 Å². The van der Waals surface area contributed by atoms with Crippen LogP contribution in [-0.2, 0) is 11.8 Å². The van der Waals surface area contributed by atoms with E-state index in [1.54, 1.807) is 18.8 Å². The van der Waals surface area contributed by atoms with Gasteiger partial charge >= 0.3 is 6.01 Å². The maximum atomic E-state index is 17.7. The first-order valence-corrected chi connectivity index (χ1v) is 18.9. The second-order valence-electron chi connectivity index (χ2n) is 15.9. The van der Waals surface area contributed by atoms with Crippen molar-refractivity contribution in [2.75, 3.05) is 71.2 Å². The third-order valence-electron chi connectivity index (χ3n) is 12.0. The quantitative estimate of drug-likeness (QED) is 0.121. The maximum absolute atomic E-state index is 17.7. The van der Waals surface area contributed by atoms with Crippen LogP contribution in [0.5, 0.6) is 11.8 Å². The summed E-state index contributed by atoms with van der Waals surface area (Å²) in [5.74, 6) is 1.72. The summed E-state index contributed by atoms with van der Waals surface area (Å²) in [5.41, 5.74) is 0.533. The fourth-order valence-corrected chi connectivity index (χ4v) is 9.25. The molecule has 4 fully saturated rings. The maximum Gasteiger partial charge on any atom is 0.319 e. The lowest BCUT2D eigenvalue weighted by molar-refractivity contribution is 0.0477. The summed E-state index contributed by atoms with van der Waals surface area (Å²) in [7, 11) is 3.49. The van der Waals surface area contributed by atoms with Crippen molar-refractivity contribution < 1.29 is 27.8 Å². The molecular formula is C41H44F3N7O3. The van der Waals surface area contributed by atoms with Crippen LogP contribution in [0, 0.1) is 35.3 Å². The van der Waals surface area contributed by atoms with Crippen molar-refractivity contribution in [2.45, 2.75) is 44.2 Å². The number of benzene rings is 3. The van der Waals surface area contributed by atoms with Gasteiger partial charge in [0, 0.05) is 106 Å². The number of piperazine rings is 1. The number of rotatable bonds is 12. The minimum Gasteiger partial charge on any atom is -0.508 e. The van der Waals surface area contributed by atoms with Crippen LogP contribution < -0.4 is 9.64 Å². The number of halogens is 3. The Labute approximate surface area is 311 Å². The Morgan fingerprint density at radius 2 is 1.80 bits per heavy atom. The summed E-state index contributed by atoms with van der Waals surface area (Å²) in [6.07, 6.45) is 12.5. The van der Waals surface area contributed by atoms with Crippen LogP contribution in [0.2, 0.25) is 0 Å². The number of fused-ring (bicyclic) bond motifs is 6. The molecule has 2 atom stereocenters. The molecule has 2 aromatic heterocycles. The molecule has 282 valence electrons. The first-order chi connectivity index (χ1) is 26.2. The largest absolute Gasteiger partial charge is 0.508 e. The molecule has 4 aliphatic rings. The molecule has 0 amide bonds. The van der Waals surface area contributed by atoms with Crippen molar-refractivity contribution in [3.8, 4) is 35.2 Å². The highest BCUT2D eigenvalue weighted by atomic mass is 19.1. The zero-order chi connectivity index (χ0) is 37.3.